The Kier molecular flexibility index (Phi) is 7.07. The van der Waals surface area contributed by atoms with Gasteiger partial charge < -0.3 is 10.6 Å². The van der Waals surface area contributed by atoms with Gasteiger partial charge in [-0.25, -0.2) is 0 Å². The third-order valence-corrected chi connectivity index (χ3v) is 5.61. The molecule has 1 aliphatic carbocycles. The molecule has 0 unspecified atom stereocenters. The van der Waals surface area contributed by atoms with Gasteiger partial charge in [-0.3, -0.25) is 9.39 Å². The molecule has 0 saturated heterocycles. The summed E-state index contributed by atoms with van der Waals surface area (Å²) in [6.07, 6.45) is 9.02. The van der Waals surface area contributed by atoms with Crippen LogP contribution in [0.25, 0.3) is 5.65 Å². The zero-order chi connectivity index (χ0) is 19.1. The van der Waals surface area contributed by atoms with Crippen molar-refractivity contribution in [3.63, 3.8) is 0 Å². The molecule has 1 saturated carbocycles. The molecule has 0 bridgehead atoms. The molecule has 2 aromatic heterocycles. The first-order valence-corrected chi connectivity index (χ1v) is 10.5. The normalized spacial score (nSPS) is 21.0. The van der Waals surface area contributed by atoms with Crippen molar-refractivity contribution in [1.82, 2.24) is 25.2 Å². The van der Waals surface area contributed by atoms with Crippen LogP contribution in [0.4, 0.5) is 0 Å². The van der Waals surface area contributed by atoms with Crippen LogP contribution in [0.5, 0.6) is 0 Å². The molecule has 2 heterocycles. The summed E-state index contributed by atoms with van der Waals surface area (Å²) in [5.74, 6) is 3.66. The van der Waals surface area contributed by atoms with Gasteiger partial charge in [-0.1, -0.05) is 19.9 Å². The molecule has 3 rings (SSSR count). The first kappa shape index (κ1) is 19.6. The first-order chi connectivity index (χ1) is 13.2. The molecule has 6 nitrogen and oxygen atoms in total. The Morgan fingerprint density at radius 2 is 2.04 bits per heavy atom. The summed E-state index contributed by atoms with van der Waals surface area (Å²) in [6.45, 7) is 8.50. The van der Waals surface area contributed by atoms with E-state index in [1.54, 1.807) is 0 Å². The van der Waals surface area contributed by atoms with Crippen LogP contribution in [0.1, 0.15) is 58.7 Å². The van der Waals surface area contributed by atoms with Gasteiger partial charge in [0.15, 0.2) is 11.6 Å². The van der Waals surface area contributed by atoms with Crippen molar-refractivity contribution in [3.05, 3.63) is 30.2 Å². The van der Waals surface area contributed by atoms with Gasteiger partial charge in [0.25, 0.3) is 0 Å². The number of nitrogens with one attached hydrogen (secondary N) is 2. The van der Waals surface area contributed by atoms with E-state index in [1.807, 2.05) is 24.4 Å². The maximum atomic E-state index is 4.78. The minimum Gasteiger partial charge on any atom is -0.357 e. The van der Waals surface area contributed by atoms with Gasteiger partial charge in [-0.05, 0) is 63.0 Å². The fraction of sp³-hybridized carbons (Fsp3) is 0.667. The van der Waals surface area contributed by atoms with Gasteiger partial charge in [0, 0.05) is 31.7 Å². The second kappa shape index (κ2) is 9.72. The molecule has 0 radical (unpaired) electrons. The van der Waals surface area contributed by atoms with E-state index in [2.05, 4.69) is 46.0 Å². The number of rotatable bonds is 7. The van der Waals surface area contributed by atoms with Crippen molar-refractivity contribution in [2.45, 2.75) is 65.3 Å². The number of aromatic nitrogens is 3. The van der Waals surface area contributed by atoms with Crippen molar-refractivity contribution in [1.29, 1.82) is 0 Å². The smallest absolute Gasteiger partial charge is 0.191 e. The molecule has 1 fully saturated rings. The number of fused-ring (bicyclic) bond motifs is 1. The number of aryl methyl sites for hydroxylation is 1. The number of nitrogens with zero attached hydrogens (tertiary/aromatic N) is 4. The van der Waals surface area contributed by atoms with Crippen LogP contribution in [0.15, 0.2) is 29.4 Å². The summed E-state index contributed by atoms with van der Waals surface area (Å²) in [5, 5.41) is 15.5. The average molecular weight is 371 g/mol. The highest BCUT2D eigenvalue weighted by atomic mass is 15.2. The SMILES string of the molecule is CCNC(=NCCCc1nnc2ccccn12)NC1CCC(C(C)C)CC1. The Morgan fingerprint density at radius 3 is 2.78 bits per heavy atom. The van der Waals surface area contributed by atoms with Crippen LogP contribution >= 0.6 is 0 Å². The third-order valence-electron chi connectivity index (χ3n) is 5.61. The van der Waals surface area contributed by atoms with Crippen LogP contribution in [0, 0.1) is 11.8 Å². The lowest BCUT2D eigenvalue weighted by Gasteiger charge is -2.32. The van der Waals surface area contributed by atoms with E-state index in [4.69, 9.17) is 4.99 Å². The van der Waals surface area contributed by atoms with Gasteiger partial charge in [0.05, 0.1) is 0 Å². The molecular weight excluding hydrogens is 336 g/mol. The Morgan fingerprint density at radius 1 is 1.22 bits per heavy atom. The summed E-state index contributed by atoms with van der Waals surface area (Å²) in [5.41, 5.74) is 0.906. The fourth-order valence-corrected chi connectivity index (χ4v) is 3.93. The topological polar surface area (TPSA) is 66.6 Å². The Labute approximate surface area is 162 Å². The lowest BCUT2D eigenvalue weighted by molar-refractivity contribution is 0.250. The molecule has 148 valence electrons. The second-order valence-corrected chi connectivity index (χ2v) is 7.91. The van der Waals surface area contributed by atoms with Gasteiger partial charge in [-0.15, -0.1) is 10.2 Å². The summed E-state index contributed by atoms with van der Waals surface area (Å²) in [7, 11) is 0. The molecule has 0 atom stereocenters. The standard InChI is InChI=1S/C21H34N6/c1-4-22-21(24-18-12-10-17(11-13-18)16(2)3)23-14-7-9-20-26-25-19-8-5-6-15-27(19)20/h5-6,8,15-18H,4,7,9-14H2,1-3H3,(H2,22,23,24). The Balaban J connectivity index is 1.47. The molecule has 27 heavy (non-hydrogen) atoms. The number of pyridine rings is 1. The van der Waals surface area contributed by atoms with E-state index in [-0.39, 0.29) is 0 Å². The van der Waals surface area contributed by atoms with E-state index >= 15 is 0 Å². The minimum absolute atomic E-state index is 0.554. The van der Waals surface area contributed by atoms with E-state index in [9.17, 15) is 0 Å². The van der Waals surface area contributed by atoms with E-state index in [0.29, 0.717) is 6.04 Å². The predicted molar refractivity (Wildman–Crippen MR) is 111 cm³/mol. The molecule has 0 spiro atoms. The van der Waals surface area contributed by atoms with E-state index in [1.165, 1.54) is 25.7 Å². The van der Waals surface area contributed by atoms with E-state index in [0.717, 1.165) is 55.2 Å². The fourth-order valence-electron chi connectivity index (χ4n) is 3.93. The molecule has 2 aromatic rings. The third kappa shape index (κ3) is 5.44. The highest BCUT2D eigenvalue weighted by molar-refractivity contribution is 5.80. The molecule has 0 aromatic carbocycles. The molecule has 6 heteroatoms. The summed E-state index contributed by atoms with van der Waals surface area (Å²) < 4.78 is 2.06. The molecule has 0 amide bonds. The number of guanidine groups is 1. The lowest BCUT2D eigenvalue weighted by atomic mass is 9.80. The largest absolute Gasteiger partial charge is 0.357 e. The molecule has 2 N–H and O–H groups in total. The maximum Gasteiger partial charge on any atom is 0.191 e. The minimum atomic E-state index is 0.554. The molecular formula is C21H34N6. The van der Waals surface area contributed by atoms with E-state index < -0.39 is 0 Å². The number of aliphatic imine (C=N–C) groups is 1. The maximum absolute atomic E-state index is 4.78. The van der Waals surface area contributed by atoms with Crippen LogP contribution in [-0.4, -0.2) is 39.7 Å². The van der Waals surface area contributed by atoms with Crippen LogP contribution in [0.2, 0.25) is 0 Å². The van der Waals surface area contributed by atoms with Crippen LogP contribution < -0.4 is 10.6 Å². The zero-order valence-corrected chi connectivity index (χ0v) is 17.0. The quantitative estimate of drug-likeness (QED) is 0.445. The van der Waals surface area contributed by atoms with Crippen LogP contribution in [0.3, 0.4) is 0 Å². The van der Waals surface area contributed by atoms with Gasteiger partial charge in [0.2, 0.25) is 0 Å². The van der Waals surface area contributed by atoms with Crippen molar-refractivity contribution >= 4 is 11.6 Å². The van der Waals surface area contributed by atoms with Gasteiger partial charge in [0.1, 0.15) is 5.82 Å². The highest BCUT2D eigenvalue weighted by Crippen LogP contribution is 2.29. The molecule has 0 aliphatic heterocycles. The van der Waals surface area contributed by atoms with Crippen molar-refractivity contribution in [3.8, 4) is 0 Å². The summed E-state index contributed by atoms with van der Waals surface area (Å²) in [6, 6.07) is 6.54. The summed E-state index contributed by atoms with van der Waals surface area (Å²) >= 11 is 0. The Hall–Kier alpha value is -2.11. The van der Waals surface area contributed by atoms with Gasteiger partial charge >= 0.3 is 0 Å². The lowest BCUT2D eigenvalue weighted by Crippen LogP contribution is -2.45. The first-order valence-electron chi connectivity index (χ1n) is 10.5. The van der Waals surface area contributed by atoms with Crippen molar-refractivity contribution in [2.24, 2.45) is 16.8 Å². The van der Waals surface area contributed by atoms with Crippen molar-refractivity contribution < 1.29 is 0 Å². The Bertz CT molecular complexity index is 727. The van der Waals surface area contributed by atoms with Crippen molar-refractivity contribution in [2.75, 3.05) is 13.1 Å². The van der Waals surface area contributed by atoms with Gasteiger partial charge in [-0.2, -0.15) is 0 Å². The summed E-state index contributed by atoms with van der Waals surface area (Å²) in [4.78, 5) is 4.78. The molecule has 1 aliphatic rings. The highest BCUT2D eigenvalue weighted by Gasteiger charge is 2.23. The predicted octanol–water partition coefficient (Wildman–Crippen LogP) is 3.43. The van der Waals surface area contributed by atoms with Crippen LogP contribution in [-0.2, 0) is 6.42 Å². The monoisotopic (exact) mass is 370 g/mol. The number of hydrogen-bond donors (Lipinski definition) is 2. The average Bonchev–Trinajstić information content (AvgIpc) is 3.09. The second-order valence-electron chi connectivity index (χ2n) is 7.91. The zero-order valence-electron chi connectivity index (χ0n) is 17.0. The number of hydrogen-bond acceptors (Lipinski definition) is 3.